The molecule has 2 nitrogen and oxygen atoms in total. The molecular formula is C10H10BrF3N2. The van der Waals surface area contributed by atoms with Gasteiger partial charge in [0.15, 0.2) is 0 Å². The van der Waals surface area contributed by atoms with Crippen LogP contribution in [-0.4, -0.2) is 11.7 Å². The van der Waals surface area contributed by atoms with Gasteiger partial charge >= 0.3 is 6.18 Å². The number of benzene rings is 1. The first-order valence-corrected chi connectivity index (χ1v) is 5.53. The van der Waals surface area contributed by atoms with Crippen molar-refractivity contribution in [3.63, 3.8) is 0 Å². The Kier molecular flexibility index (Phi) is 2.57. The first-order valence-electron chi connectivity index (χ1n) is 4.74. The van der Waals surface area contributed by atoms with E-state index in [4.69, 9.17) is 5.73 Å². The maximum absolute atomic E-state index is 12.7. The molecule has 1 fully saturated rings. The molecule has 0 bridgehead atoms. The normalized spacial score (nSPS) is 18.2. The van der Waals surface area contributed by atoms with Crippen molar-refractivity contribution < 1.29 is 13.2 Å². The monoisotopic (exact) mass is 294 g/mol. The maximum Gasteiger partial charge on any atom is 0.411 e. The Labute approximate surface area is 99.1 Å². The van der Waals surface area contributed by atoms with Crippen LogP contribution < -0.4 is 11.1 Å². The Morgan fingerprint density at radius 2 is 1.94 bits per heavy atom. The largest absolute Gasteiger partial charge is 0.411 e. The lowest BCUT2D eigenvalue weighted by atomic mass is 10.2. The maximum atomic E-state index is 12.7. The molecule has 0 amide bonds. The van der Waals surface area contributed by atoms with Crippen LogP contribution in [0.15, 0.2) is 22.7 Å². The summed E-state index contributed by atoms with van der Waals surface area (Å²) in [5.74, 6) is 0. The van der Waals surface area contributed by atoms with Crippen molar-refractivity contribution >= 4 is 27.3 Å². The third-order valence-corrected chi connectivity index (χ3v) is 3.32. The Bertz CT molecular complexity index is 413. The first-order chi connectivity index (χ1) is 7.34. The molecule has 1 aromatic carbocycles. The predicted octanol–water partition coefficient (Wildman–Crippen LogP) is 3.54. The highest BCUT2D eigenvalue weighted by Gasteiger charge is 2.63. The molecule has 0 saturated heterocycles. The Morgan fingerprint density at radius 3 is 2.38 bits per heavy atom. The summed E-state index contributed by atoms with van der Waals surface area (Å²) in [7, 11) is 0. The average molecular weight is 295 g/mol. The first kappa shape index (κ1) is 11.6. The number of halogens is 4. The molecule has 3 N–H and O–H groups in total. The number of nitrogens with two attached hydrogens (primary N) is 1. The molecule has 1 aliphatic carbocycles. The molecule has 2 rings (SSSR count). The molecule has 0 aromatic heterocycles. The van der Waals surface area contributed by atoms with Crippen LogP contribution in [-0.2, 0) is 0 Å². The smallest absolute Gasteiger partial charge is 0.399 e. The van der Waals surface area contributed by atoms with Crippen molar-refractivity contribution in [2.75, 3.05) is 11.1 Å². The molecule has 0 atom stereocenters. The Morgan fingerprint density at radius 1 is 1.31 bits per heavy atom. The van der Waals surface area contributed by atoms with Crippen LogP contribution >= 0.6 is 15.9 Å². The van der Waals surface area contributed by atoms with Crippen LogP contribution in [0.4, 0.5) is 24.5 Å². The van der Waals surface area contributed by atoms with E-state index in [0.29, 0.717) is 15.8 Å². The van der Waals surface area contributed by atoms with Crippen molar-refractivity contribution in [1.29, 1.82) is 0 Å². The van der Waals surface area contributed by atoms with E-state index in [-0.39, 0.29) is 12.8 Å². The van der Waals surface area contributed by atoms with Crippen molar-refractivity contribution in [2.24, 2.45) is 0 Å². The third-order valence-electron chi connectivity index (χ3n) is 2.66. The zero-order valence-electron chi connectivity index (χ0n) is 8.24. The molecule has 0 radical (unpaired) electrons. The van der Waals surface area contributed by atoms with Crippen molar-refractivity contribution in [3.05, 3.63) is 22.7 Å². The van der Waals surface area contributed by atoms with Gasteiger partial charge in [0.25, 0.3) is 0 Å². The number of hydrogen-bond acceptors (Lipinski definition) is 2. The predicted molar refractivity (Wildman–Crippen MR) is 60.2 cm³/mol. The van der Waals surface area contributed by atoms with Gasteiger partial charge in [0.2, 0.25) is 0 Å². The van der Waals surface area contributed by atoms with Gasteiger partial charge in [-0.05, 0) is 47.0 Å². The minimum absolute atomic E-state index is 0.118. The second-order valence-corrected chi connectivity index (χ2v) is 4.80. The van der Waals surface area contributed by atoms with Gasteiger partial charge in [0, 0.05) is 15.8 Å². The van der Waals surface area contributed by atoms with Crippen LogP contribution in [0.2, 0.25) is 0 Å². The molecule has 0 spiro atoms. The van der Waals surface area contributed by atoms with Crippen LogP contribution in [0.5, 0.6) is 0 Å². The molecule has 1 aliphatic rings. The molecule has 1 aromatic rings. The summed E-state index contributed by atoms with van der Waals surface area (Å²) in [6.07, 6.45) is -3.98. The minimum atomic E-state index is -4.21. The van der Waals surface area contributed by atoms with Crippen LogP contribution in [0, 0.1) is 0 Å². The lowest BCUT2D eigenvalue weighted by Gasteiger charge is -2.22. The lowest BCUT2D eigenvalue weighted by molar-refractivity contribution is -0.151. The topological polar surface area (TPSA) is 38.0 Å². The number of hydrogen-bond donors (Lipinski definition) is 2. The van der Waals surface area contributed by atoms with Gasteiger partial charge in [-0.15, -0.1) is 0 Å². The fourth-order valence-electron chi connectivity index (χ4n) is 1.49. The molecule has 16 heavy (non-hydrogen) atoms. The number of alkyl halides is 3. The number of nitrogen functional groups attached to an aromatic ring is 1. The van der Waals surface area contributed by atoms with Gasteiger partial charge in [-0.3, -0.25) is 0 Å². The molecule has 0 unspecified atom stereocenters. The van der Waals surface area contributed by atoms with E-state index in [1.54, 1.807) is 18.2 Å². The summed E-state index contributed by atoms with van der Waals surface area (Å²) >= 11 is 3.18. The molecule has 88 valence electrons. The van der Waals surface area contributed by atoms with Crippen LogP contribution in [0.25, 0.3) is 0 Å². The highest BCUT2D eigenvalue weighted by molar-refractivity contribution is 9.10. The Balaban J connectivity index is 2.22. The quantitative estimate of drug-likeness (QED) is 0.819. The summed E-state index contributed by atoms with van der Waals surface area (Å²) in [5, 5.41) is 2.54. The van der Waals surface area contributed by atoms with Gasteiger partial charge in [-0.2, -0.15) is 13.2 Å². The molecule has 0 heterocycles. The van der Waals surface area contributed by atoms with Crippen molar-refractivity contribution in [3.8, 4) is 0 Å². The molecular weight excluding hydrogens is 285 g/mol. The van der Waals surface area contributed by atoms with E-state index < -0.39 is 11.7 Å². The molecule has 0 aliphatic heterocycles. The average Bonchev–Trinajstić information content (AvgIpc) is 2.90. The lowest BCUT2D eigenvalue weighted by Crippen LogP contribution is -2.38. The number of anilines is 2. The standard InChI is InChI=1S/C10H10BrF3N2/c11-7-5-6(15)1-2-8(7)16-9(3-4-9)10(12,13)14/h1-2,5,16H,3-4,15H2. The van der Waals surface area contributed by atoms with E-state index in [0.717, 1.165) is 0 Å². The van der Waals surface area contributed by atoms with E-state index in [1.165, 1.54) is 0 Å². The number of nitrogens with one attached hydrogen (secondary N) is 1. The highest BCUT2D eigenvalue weighted by atomic mass is 79.9. The summed E-state index contributed by atoms with van der Waals surface area (Å²) < 4.78 is 38.6. The van der Waals surface area contributed by atoms with E-state index in [9.17, 15) is 13.2 Å². The van der Waals surface area contributed by atoms with E-state index >= 15 is 0 Å². The van der Waals surface area contributed by atoms with Crippen molar-refractivity contribution in [2.45, 2.75) is 24.6 Å². The second-order valence-electron chi connectivity index (χ2n) is 3.94. The highest BCUT2D eigenvalue weighted by Crippen LogP contribution is 2.51. The van der Waals surface area contributed by atoms with E-state index in [1.807, 2.05) is 0 Å². The summed E-state index contributed by atoms with van der Waals surface area (Å²) in [6, 6.07) is 4.69. The van der Waals surface area contributed by atoms with Crippen molar-refractivity contribution in [1.82, 2.24) is 0 Å². The van der Waals surface area contributed by atoms with E-state index in [2.05, 4.69) is 21.2 Å². The zero-order chi connectivity index (χ0) is 12.0. The SMILES string of the molecule is Nc1ccc(NC2(C(F)(F)F)CC2)c(Br)c1. The second kappa shape index (κ2) is 3.55. The Hall–Kier alpha value is -0.910. The zero-order valence-corrected chi connectivity index (χ0v) is 9.82. The molecule has 1 saturated carbocycles. The van der Waals surface area contributed by atoms with Crippen LogP contribution in [0.3, 0.4) is 0 Å². The fraction of sp³-hybridized carbons (Fsp3) is 0.400. The van der Waals surface area contributed by atoms with Gasteiger partial charge in [0.1, 0.15) is 5.54 Å². The van der Waals surface area contributed by atoms with Gasteiger partial charge in [0.05, 0.1) is 0 Å². The third kappa shape index (κ3) is 1.98. The number of rotatable bonds is 2. The van der Waals surface area contributed by atoms with Crippen LogP contribution in [0.1, 0.15) is 12.8 Å². The van der Waals surface area contributed by atoms with Gasteiger partial charge in [-0.25, -0.2) is 0 Å². The van der Waals surface area contributed by atoms with Gasteiger partial charge in [-0.1, -0.05) is 0 Å². The molecule has 6 heteroatoms. The minimum Gasteiger partial charge on any atom is -0.399 e. The van der Waals surface area contributed by atoms with Gasteiger partial charge < -0.3 is 11.1 Å². The summed E-state index contributed by atoms with van der Waals surface area (Å²) in [6.45, 7) is 0. The fourth-order valence-corrected chi connectivity index (χ4v) is 1.99. The summed E-state index contributed by atoms with van der Waals surface area (Å²) in [4.78, 5) is 0. The summed E-state index contributed by atoms with van der Waals surface area (Å²) in [5.41, 5.74) is 4.70.